The number of hydrogen-bond acceptors (Lipinski definition) is 6. The maximum absolute atomic E-state index is 12.4. The standard InChI is InChI=1S/C41H75O8P/c1-3-5-7-9-11-13-15-17-19-20-22-24-26-28-30-32-34-36-41(43)49-39(38-48-50(44,45)46)37-47-40(42)35-33-31-29-27-25-23-21-18-16-14-12-10-8-6-4-2/h11,13,17,19,29,31,39H,3-10,12,14-16,18,20-28,30,32-38H2,1-2H3,(H2,44,45,46)/b13-11+,19-17+,31-29+/t39-/m1/s1. The van der Waals surface area contributed by atoms with Crippen molar-refractivity contribution in [1.29, 1.82) is 0 Å². The van der Waals surface area contributed by atoms with Crippen molar-refractivity contribution in [3.05, 3.63) is 36.5 Å². The Morgan fingerprint density at radius 1 is 0.520 bits per heavy atom. The number of unbranched alkanes of at least 4 members (excludes halogenated alkanes) is 21. The highest BCUT2D eigenvalue weighted by atomic mass is 31.2. The van der Waals surface area contributed by atoms with Crippen LogP contribution in [0.5, 0.6) is 0 Å². The van der Waals surface area contributed by atoms with Gasteiger partial charge in [-0.25, -0.2) is 4.57 Å². The van der Waals surface area contributed by atoms with Crippen LogP contribution in [0.4, 0.5) is 0 Å². The van der Waals surface area contributed by atoms with Gasteiger partial charge in [0.2, 0.25) is 0 Å². The van der Waals surface area contributed by atoms with Crippen LogP contribution in [-0.2, 0) is 28.2 Å². The fraction of sp³-hybridized carbons (Fsp3) is 0.805. The average molecular weight is 727 g/mol. The number of phosphoric ester groups is 1. The molecule has 0 aliphatic carbocycles. The number of rotatable bonds is 37. The van der Waals surface area contributed by atoms with E-state index in [1.165, 1.54) is 109 Å². The highest BCUT2D eigenvalue weighted by Gasteiger charge is 2.22. The van der Waals surface area contributed by atoms with Crippen molar-refractivity contribution >= 4 is 19.8 Å². The molecule has 0 aliphatic rings. The van der Waals surface area contributed by atoms with Crippen molar-refractivity contribution in [3.63, 3.8) is 0 Å². The van der Waals surface area contributed by atoms with Gasteiger partial charge in [0, 0.05) is 12.8 Å². The van der Waals surface area contributed by atoms with Gasteiger partial charge in [-0.3, -0.25) is 14.1 Å². The molecule has 0 saturated carbocycles. The highest BCUT2D eigenvalue weighted by molar-refractivity contribution is 7.46. The minimum Gasteiger partial charge on any atom is -0.462 e. The quantitative estimate of drug-likeness (QED) is 0.0281. The second-order valence-corrected chi connectivity index (χ2v) is 14.8. The molecule has 0 unspecified atom stereocenters. The molecule has 0 saturated heterocycles. The summed E-state index contributed by atoms with van der Waals surface area (Å²) < 4.78 is 26.3. The van der Waals surface area contributed by atoms with Gasteiger partial charge in [0.25, 0.3) is 0 Å². The molecule has 0 rings (SSSR count). The molecule has 0 heterocycles. The van der Waals surface area contributed by atoms with Gasteiger partial charge in [-0.05, 0) is 57.8 Å². The lowest BCUT2D eigenvalue weighted by Gasteiger charge is -2.18. The number of carbonyl (C=O) groups excluding carboxylic acids is 2. The summed E-state index contributed by atoms with van der Waals surface area (Å²) in [7, 11) is -4.76. The van der Waals surface area contributed by atoms with Gasteiger partial charge in [0.1, 0.15) is 6.61 Å². The van der Waals surface area contributed by atoms with E-state index < -0.39 is 32.5 Å². The van der Waals surface area contributed by atoms with E-state index >= 15 is 0 Å². The van der Waals surface area contributed by atoms with Gasteiger partial charge in [-0.15, -0.1) is 0 Å². The Balaban J connectivity index is 3.98. The third kappa shape index (κ3) is 39.1. The average Bonchev–Trinajstić information content (AvgIpc) is 3.08. The summed E-state index contributed by atoms with van der Waals surface area (Å²) in [6.07, 6.45) is 43.0. The molecule has 0 radical (unpaired) electrons. The van der Waals surface area contributed by atoms with Gasteiger partial charge in [0.05, 0.1) is 6.61 Å². The Morgan fingerprint density at radius 2 is 0.940 bits per heavy atom. The van der Waals surface area contributed by atoms with Crippen LogP contribution in [0.3, 0.4) is 0 Å². The first-order chi connectivity index (χ1) is 24.3. The first kappa shape index (κ1) is 48.3. The Bertz CT molecular complexity index is 910. The van der Waals surface area contributed by atoms with Crippen molar-refractivity contribution in [1.82, 2.24) is 0 Å². The summed E-state index contributed by atoms with van der Waals surface area (Å²) in [4.78, 5) is 42.7. The molecule has 2 N–H and O–H groups in total. The van der Waals surface area contributed by atoms with Crippen LogP contribution in [0.15, 0.2) is 36.5 Å². The smallest absolute Gasteiger partial charge is 0.462 e. The van der Waals surface area contributed by atoms with Gasteiger partial charge < -0.3 is 19.3 Å². The van der Waals surface area contributed by atoms with E-state index in [1.54, 1.807) is 0 Å². The topological polar surface area (TPSA) is 119 Å². The van der Waals surface area contributed by atoms with Crippen molar-refractivity contribution < 1.29 is 37.9 Å². The lowest BCUT2D eigenvalue weighted by molar-refractivity contribution is -0.161. The van der Waals surface area contributed by atoms with Crippen LogP contribution < -0.4 is 0 Å². The normalized spacial score (nSPS) is 12.8. The van der Waals surface area contributed by atoms with Crippen molar-refractivity contribution in [2.75, 3.05) is 13.2 Å². The monoisotopic (exact) mass is 727 g/mol. The van der Waals surface area contributed by atoms with Crippen molar-refractivity contribution in [2.45, 2.75) is 200 Å². The van der Waals surface area contributed by atoms with E-state index in [-0.39, 0.29) is 19.4 Å². The fourth-order valence-electron chi connectivity index (χ4n) is 5.60. The number of allylic oxidation sites excluding steroid dienone is 6. The van der Waals surface area contributed by atoms with Crippen LogP contribution in [-0.4, -0.2) is 41.0 Å². The summed E-state index contributed by atoms with van der Waals surface area (Å²) in [5, 5.41) is 0. The zero-order chi connectivity index (χ0) is 36.8. The van der Waals surface area contributed by atoms with E-state index in [4.69, 9.17) is 19.3 Å². The van der Waals surface area contributed by atoms with E-state index in [9.17, 15) is 14.2 Å². The summed E-state index contributed by atoms with van der Waals surface area (Å²) in [5.74, 6) is -0.948. The maximum atomic E-state index is 12.4. The molecule has 0 aromatic rings. The third-order valence-corrected chi connectivity index (χ3v) is 9.13. The molecule has 0 fully saturated rings. The first-order valence-corrected chi connectivity index (χ1v) is 21.8. The predicted octanol–water partition coefficient (Wildman–Crippen LogP) is 12.2. The van der Waals surface area contributed by atoms with Crippen LogP contribution in [0.25, 0.3) is 0 Å². The van der Waals surface area contributed by atoms with Gasteiger partial charge >= 0.3 is 19.8 Å². The molecule has 0 bridgehead atoms. The van der Waals surface area contributed by atoms with E-state index in [0.29, 0.717) is 12.8 Å². The first-order valence-electron chi connectivity index (χ1n) is 20.3. The third-order valence-electron chi connectivity index (χ3n) is 8.64. The Kier molecular flexibility index (Phi) is 35.8. The number of ether oxygens (including phenoxy) is 2. The molecule has 1 atom stereocenters. The number of hydrogen-bond donors (Lipinski definition) is 2. The van der Waals surface area contributed by atoms with Crippen LogP contribution in [0.2, 0.25) is 0 Å². The molecule has 292 valence electrons. The Labute approximate surface area is 306 Å². The van der Waals surface area contributed by atoms with Crippen LogP contribution >= 0.6 is 7.82 Å². The minimum atomic E-state index is -4.76. The van der Waals surface area contributed by atoms with Gasteiger partial charge in [-0.2, -0.15) is 0 Å². The zero-order valence-electron chi connectivity index (χ0n) is 32.0. The van der Waals surface area contributed by atoms with Crippen LogP contribution in [0.1, 0.15) is 194 Å². The lowest BCUT2D eigenvalue weighted by atomic mass is 10.1. The molecule has 50 heavy (non-hydrogen) atoms. The second kappa shape index (κ2) is 37.0. The summed E-state index contributed by atoms with van der Waals surface area (Å²) >= 11 is 0. The predicted molar refractivity (Wildman–Crippen MR) is 207 cm³/mol. The largest absolute Gasteiger partial charge is 0.469 e. The number of carbonyl (C=O) groups is 2. The fourth-order valence-corrected chi connectivity index (χ4v) is 5.96. The molecule has 0 spiro atoms. The summed E-state index contributed by atoms with van der Waals surface area (Å²) in [6, 6.07) is 0. The zero-order valence-corrected chi connectivity index (χ0v) is 32.9. The van der Waals surface area contributed by atoms with Crippen LogP contribution in [0, 0.1) is 0 Å². The van der Waals surface area contributed by atoms with Gasteiger partial charge in [-0.1, -0.05) is 159 Å². The minimum absolute atomic E-state index is 0.183. The molecule has 0 aromatic carbocycles. The SMILES string of the molecule is CCCCC/C=C/C/C=C/CCCCCCCCCC(=O)O[C@H](COC(=O)CC/C=C/CCCCCCCCCCCCC)COP(=O)(O)O. The molecule has 0 aromatic heterocycles. The van der Waals surface area contributed by atoms with Crippen molar-refractivity contribution in [2.24, 2.45) is 0 Å². The van der Waals surface area contributed by atoms with E-state index in [2.05, 4.69) is 48.8 Å². The summed E-state index contributed by atoms with van der Waals surface area (Å²) in [6.45, 7) is 3.62. The second-order valence-electron chi connectivity index (χ2n) is 13.6. The summed E-state index contributed by atoms with van der Waals surface area (Å²) in [5.41, 5.74) is 0. The molecular formula is C41H75O8P. The number of esters is 2. The van der Waals surface area contributed by atoms with Crippen molar-refractivity contribution in [3.8, 4) is 0 Å². The molecule has 0 amide bonds. The highest BCUT2D eigenvalue weighted by Crippen LogP contribution is 2.36. The van der Waals surface area contributed by atoms with E-state index in [0.717, 1.165) is 44.9 Å². The molecule has 9 heteroatoms. The molecule has 0 aliphatic heterocycles. The Morgan fingerprint density at radius 3 is 1.46 bits per heavy atom. The van der Waals surface area contributed by atoms with E-state index in [1.807, 2.05) is 6.08 Å². The molecular weight excluding hydrogens is 651 g/mol. The Hall–Kier alpha value is -1.73. The molecule has 8 nitrogen and oxygen atoms in total. The lowest BCUT2D eigenvalue weighted by Crippen LogP contribution is -2.29. The number of phosphoric acid groups is 1. The maximum Gasteiger partial charge on any atom is 0.469 e. The van der Waals surface area contributed by atoms with Gasteiger partial charge in [0.15, 0.2) is 6.10 Å².